The SMILES string of the molecule is O[C@@H]1[C@@H](NC[C@]2(O)CCN(c3ccnc4ccccc34)C2)CCC[C@H]1Oc1ccccc1. The van der Waals surface area contributed by atoms with Gasteiger partial charge in [0.05, 0.1) is 11.1 Å². The number of pyridine rings is 1. The molecule has 1 saturated carbocycles. The fraction of sp³-hybridized carbons (Fsp3) is 0.423. The number of aromatic nitrogens is 1. The minimum atomic E-state index is -0.836. The molecular formula is C26H31N3O3. The zero-order valence-electron chi connectivity index (χ0n) is 18.2. The van der Waals surface area contributed by atoms with Crippen LogP contribution in [0.1, 0.15) is 25.7 Å². The van der Waals surface area contributed by atoms with Gasteiger partial charge in [0.25, 0.3) is 0 Å². The van der Waals surface area contributed by atoms with Gasteiger partial charge in [0.15, 0.2) is 0 Å². The van der Waals surface area contributed by atoms with Crippen LogP contribution >= 0.6 is 0 Å². The highest BCUT2D eigenvalue weighted by molar-refractivity contribution is 5.91. The van der Waals surface area contributed by atoms with Crippen molar-refractivity contribution in [2.75, 3.05) is 24.5 Å². The molecule has 0 spiro atoms. The quantitative estimate of drug-likeness (QED) is 0.555. The molecule has 6 nitrogen and oxygen atoms in total. The minimum absolute atomic E-state index is 0.0858. The second-order valence-electron chi connectivity index (χ2n) is 9.12. The highest BCUT2D eigenvalue weighted by Crippen LogP contribution is 2.32. The first kappa shape index (κ1) is 21.2. The third-order valence-electron chi connectivity index (χ3n) is 6.82. The summed E-state index contributed by atoms with van der Waals surface area (Å²) in [6, 6.07) is 19.7. The number of benzene rings is 2. The Morgan fingerprint density at radius 1 is 1.06 bits per heavy atom. The lowest BCUT2D eigenvalue weighted by Crippen LogP contribution is -2.55. The van der Waals surface area contributed by atoms with E-state index in [4.69, 9.17) is 4.74 Å². The summed E-state index contributed by atoms with van der Waals surface area (Å²) in [5, 5.41) is 26.8. The summed E-state index contributed by atoms with van der Waals surface area (Å²) in [4.78, 5) is 6.69. The van der Waals surface area contributed by atoms with Gasteiger partial charge in [-0.1, -0.05) is 36.4 Å². The van der Waals surface area contributed by atoms with E-state index >= 15 is 0 Å². The second-order valence-corrected chi connectivity index (χ2v) is 9.12. The molecule has 2 aromatic carbocycles. The van der Waals surface area contributed by atoms with Gasteiger partial charge in [-0.05, 0) is 49.9 Å². The van der Waals surface area contributed by atoms with Crippen molar-refractivity contribution in [2.24, 2.45) is 0 Å². The van der Waals surface area contributed by atoms with E-state index in [1.807, 2.05) is 60.8 Å². The predicted molar refractivity (Wildman–Crippen MR) is 126 cm³/mol. The number of ether oxygens (including phenoxy) is 1. The molecule has 5 rings (SSSR count). The van der Waals surface area contributed by atoms with Crippen molar-refractivity contribution in [3.8, 4) is 5.75 Å². The predicted octanol–water partition coefficient (Wildman–Crippen LogP) is 3.13. The molecule has 4 atom stereocenters. The number of nitrogens with one attached hydrogen (secondary N) is 1. The van der Waals surface area contributed by atoms with Crippen LogP contribution in [-0.2, 0) is 0 Å². The first-order chi connectivity index (χ1) is 15.6. The van der Waals surface area contributed by atoms with Crippen molar-refractivity contribution in [1.82, 2.24) is 10.3 Å². The van der Waals surface area contributed by atoms with Crippen LogP contribution in [-0.4, -0.2) is 58.7 Å². The Kier molecular flexibility index (Phi) is 6.00. The molecule has 168 valence electrons. The van der Waals surface area contributed by atoms with Crippen LogP contribution in [0.5, 0.6) is 5.75 Å². The number of β-amino-alcohol motifs (C(OH)–C–C–N with tert-alkyl or cyclic N) is 1. The summed E-state index contributed by atoms with van der Waals surface area (Å²) in [6.07, 6.45) is 4.38. The standard InChI is InChI=1S/C26H31N3O3/c30-25-22(11-6-12-24(25)32-19-7-2-1-3-8-19)28-17-26(31)14-16-29(18-26)23-13-15-27-21-10-5-4-9-20(21)23/h1-5,7-10,13,15,22,24-25,28,30-31H,6,11-12,14,16-18H2/t22-,24+,25+,26+/m0/s1. The van der Waals surface area contributed by atoms with Gasteiger partial charge in [-0.15, -0.1) is 0 Å². The van der Waals surface area contributed by atoms with E-state index in [-0.39, 0.29) is 12.1 Å². The van der Waals surface area contributed by atoms with Crippen molar-refractivity contribution in [2.45, 2.75) is 49.5 Å². The number of hydrogen-bond donors (Lipinski definition) is 3. The molecule has 3 aromatic rings. The third-order valence-corrected chi connectivity index (χ3v) is 6.82. The molecule has 0 amide bonds. The van der Waals surface area contributed by atoms with E-state index in [2.05, 4.69) is 21.3 Å². The molecule has 2 aliphatic rings. The van der Waals surface area contributed by atoms with Gasteiger partial charge in [0.2, 0.25) is 0 Å². The van der Waals surface area contributed by atoms with E-state index in [1.54, 1.807) is 0 Å². The maximum atomic E-state index is 11.3. The Bertz CT molecular complexity index is 1040. The van der Waals surface area contributed by atoms with Crippen molar-refractivity contribution < 1.29 is 14.9 Å². The minimum Gasteiger partial charge on any atom is -0.488 e. The zero-order valence-corrected chi connectivity index (χ0v) is 18.2. The monoisotopic (exact) mass is 433 g/mol. The van der Waals surface area contributed by atoms with Gasteiger partial charge in [0.1, 0.15) is 18.0 Å². The lowest BCUT2D eigenvalue weighted by molar-refractivity contribution is -0.0233. The summed E-state index contributed by atoms with van der Waals surface area (Å²) < 4.78 is 6.04. The van der Waals surface area contributed by atoms with E-state index in [9.17, 15) is 10.2 Å². The van der Waals surface area contributed by atoms with Gasteiger partial charge in [-0.2, -0.15) is 0 Å². The number of rotatable bonds is 6. The second kappa shape index (κ2) is 9.06. The molecule has 32 heavy (non-hydrogen) atoms. The molecule has 0 bridgehead atoms. The van der Waals surface area contributed by atoms with Gasteiger partial charge in [-0.25, -0.2) is 0 Å². The summed E-state index contributed by atoms with van der Waals surface area (Å²) in [5.41, 5.74) is 1.24. The summed E-state index contributed by atoms with van der Waals surface area (Å²) in [5.74, 6) is 0.784. The molecule has 0 unspecified atom stereocenters. The summed E-state index contributed by atoms with van der Waals surface area (Å²) in [7, 11) is 0. The fourth-order valence-corrected chi connectivity index (χ4v) is 5.05. The van der Waals surface area contributed by atoms with Crippen LogP contribution in [0.25, 0.3) is 10.9 Å². The van der Waals surface area contributed by atoms with Gasteiger partial charge < -0.3 is 25.2 Å². The van der Waals surface area contributed by atoms with Gasteiger partial charge >= 0.3 is 0 Å². The Hall–Kier alpha value is -2.67. The molecular weight excluding hydrogens is 402 g/mol. The largest absolute Gasteiger partial charge is 0.488 e. The highest BCUT2D eigenvalue weighted by atomic mass is 16.5. The molecule has 1 aliphatic carbocycles. The van der Waals surface area contributed by atoms with Crippen LogP contribution in [0.15, 0.2) is 66.9 Å². The number of nitrogens with zero attached hydrogens (tertiary/aromatic N) is 2. The number of para-hydroxylation sites is 2. The number of anilines is 1. The van der Waals surface area contributed by atoms with Crippen molar-refractivity contribution >= 4 is 16.6 Å². The van der Waals surface area contributed by atoms with Crippen LogP contribution < -0.4 is 15.0 Å². The molecule has 2 heterocycles. The Morgan fingerprint density at radius 3 is 2.75 bits per heavy atom. The first-order valence-electron chi connectivity index (χ1n) is 11.6. The average molecular weight is 434 g/mol. The molecule has 0 radical (unpaired) electrons. The van der Waals surface area contributed by atoms with Crippen LogP contribution in [0.3, 0.4) is 0 Å². The van der Waals surface area contributed by atoms with E-state index in [1.165, 1.54) is 0 Å². The number of aliphatic hydroxyl groups is 2. The van der Waals surface area contributed by atoms with Crippen LogP contribution in [0.2, 0.25) is 0 Å². The summed E-state index contributed by atoms with van der Waals surface area (Å²) in [6.45, 7) is 1.80. The van der Waals surface area contributed by atoms with Gasteiger partial charge in [0, 0.05) is 42.9 Å². The number of aliphatic hydroxyl groups excluding tert-OH is 1. The molecule has 1 aromatic heterocycles. The Balaban J connectivity index is 1.21. The fourth-order valence-electron chi connectivity index (χ4n) is 5.05. The maximum Gasteiger partial charge on any atom is 0.126 e. The topological polar surface area (TPSA) is 77.9 Å². The molecule has 2 fully saturated rings. The van der Waals surface area contributed by atoms with Crippen LogP contribution in [0, 0.1) is 0 Å². The zero-order chi connectivity index (χ0) is 22.0. The first-order valence-corrected chi connectivity index (χ1v) is 11.6. The smallest absolute Gasteiger partial charge is 0.126 e. The summed E-state index contributed by atoms with van der Waals surface area (Å²) >= 11 is 0. The van der Waals surface area contributed by atoms with E-state index in [0.717, 1.165) is 48.1 Å². The van der Waals surface area contributed by atoms with Crippen molar-refractivity contribution in [3.63, 3.8) is 0 Å². The highest BCUT2D eigenvalue weighted by Gasteiger charge is 2.39. The molecule has 1 saturated heterocycles. The number of fused-ring (bicyclic) bond motifs is 1. The molecule has 1 aliphatic heterocycles. The maximum absolute atomic E-state index is 11.3. The lowest BCUT2D eigenvalue weighted by Gasteiger charge is -2.37. The van der Waals surface area contributed by atoms with Crippen molar-refractivity contribution in [3.05, 3.63) is 66.9 Å². The molecule has 3 N–H and O–H groups in total. The van der Waals surface area contributed by atoms with Gasteiger partial charge in [-0.3, -0.25) is 4.98 Å². The third kappa shape index (κ3) is 4.44. The lowest BCUT2D eigenvalue weighted by atomic mass is 9.89. The van der Waals surface area contributed by atoms with Crippen LogP contribution in [0.4, 0.5) is 5.69 Å². The Morgan fingerprint density at radius 2 is 1.88 bits per heavy atom. The van der Waals surface area contributed by atoms with Crippen molar-refractivity contribution in [1.29, 1.82) is 0 Å². The van der Waals surface area contributed by atoms with E-state index in [0.29, 0.717) is 19.5 Å². The normalized spacial score (nSPS) is 28.2. The van der Waals surface area contributed by atoms with E-state index < -0.39 is 11.7 Å². The average Bonchev–Trinajstić information content (AvgIpc) is 3.22. The number of hydrogen-bond acceptors (Lipinski definition) is 6. The molecule has 6 heteroatoms. The Labute approximate surface area is 188 Å².